The van der Waals surface area contributed by atoms with Gasteiger partial charge in [-0.05, 0) is 36.4 Å². The quantitative estimate of drug-likeness (QED) is 0.795. The van der Waals surface area contributed by atoms with E-state index in [9.17, 15) is 18.4 Å². The molecule has 2 aromatic carbocycles. The van der Waals surface area contributed by atoms with E-state index in [0.29, 0.717) is 0 Å². The van der Waals surface area contributed by atoms with E-state index in [2.05, 4.69) is 0 Å². The summed E-state index contributed by atoms with van der Waals surface area (Å²) in [4.78, 5) is 22.4. The summed E-state index contributed by atoms with van der Waals surface area (Å²) in [6.07, 6.45) is 0. The fourth-order valence-electron chi connectivity index (χ4n) is 1.57. The third kappa shape index (κ3) is 3.77. The molecule has 0 unspecified atom stereocenters. The highest BCUT2D eigenvalue weighted by Crippen LogP contribution is 2.41. The van der Waals surface area contributed by atoms with E-state index in [1.54, 1.807) is 0 Å². The molecule has 0 aliphatic carbocycles. The van der Waals surface area contributed by atoms with Crippen LogP contribution in [0.3, 0.4) is 0 Å². The number of aromatic carboxylic acids is 2. The van der Waals surface area contributed by atoms with Crippen molar-refractivity contribution in [3.8, 4) is 0 Å². The second-order valence-electron chi connectivity index (χ2n) is 4.06. The van der Waals surface area contributed by atoms with E-state index in [1.165, 1.54) is 0 Å². The van der Waals surface area contributed by atoms with Crippen LogP contribution < -0.4 is 0 Å². The molecule has 0 saturated heterocycles. The van der Waals surface area contributed by atoms with Crippen molar-refractivity contribution in [2.45, 2.75) is 9.79 Å². The first-order chi connectivity index (χ1) is 10.4. The van der Waals surface area contributed by atoms with E-state index in [-0.39, 0.29) is 20.9 Å². The van der Waals surface area contributed by atoms with Gasteiger partial charge in [0.1, 0.15) is 11.6 Å². The highest BCUT2D eigenvalue weighted by Gasteiger charge is 2.16. The lowest BCUT2D eigenvalue weighted by Gasteiger charge is -2.07. The van der Waals surface area contributed by atoms with Crippen molar-refractivity contribution in [2.24, 2.45) is 0 Å². The normalized spacial score (nSPS) is 10.5. The monoisotopic (exact) mass is 342 g/mol. The van der Waals surface area contributed by atoms with Gasteiger partial charge in [0, 0.05) is 9.79 Å². The molecule has 0 aliphatic heterocycles. The number of hydrogen-bond donors (Lipinski definition) is 2. The molecule has 22 heavy (non-hydrogen) atoms. The van der Waals surface area contributed by atoms with Gasteiger partial charge in [0.15, 0.2) is 0 Å². The molecule has 4 nitrogen and oxygen atoms in total. The second kappa shape index (κ2) is 6.80. The molecule has 0 amide bonds. The predicted octanol–water partition coefficient (Wildman–Crippen LogP) is 4.16. The zero-order chi connectivity index (χ0) is 16.3. The van der Waals surface area contributed by atoms with Gasteiger partial charge >= 0.3 is 11.9 Å². The summed E-state index contributed by atoms with van der Waals surface area (Å²) in [7, 11) is 1.70. The maximum absolute atomic E-state index is 13.2. The van der Waals surface area contributed by atoms with Crippen molar-refractivity contribution < 1.29 is 28.6 Å². The lowest BCUT2D eigenvalue weighted by atomic mass is 10.2. The van der Waals surface area contributed by atoms with Crippen molar-refractivity contribution in [3.63, 3.8) is 0 Å². The number of carboxylic acids is 2. The minimum atomic E-state index is -1.24. The van der Waals surface area contributed by atoms with Gasteiger partial charge in [-0.15, -0.1) is 0 Å². The smallest absolute Gasteiger partial charge is 0.336 e. The number of carbonyl (C=O) groups is 2. The van der Waals surface area contributed by atoms with Gasteiger partial charge in [-0.25, -0.2) is 18.4 Å². The van der Waals surface area contributed by atoms with E-state index < -0.39 is 23.6 Å². The topological polar surface area (TPSA) is 74.6 Å². The molecule has 2 rings (SSSR count). The number of rotatable bonds is 5. The third-order valence-electron chi connectivity index (χ3n) is 2.57. The van der Waals surface area contributed by atoms with Gasteiger partial charge in [0.25, 0.3) is 0 Å². The van der Waals surface area contributed by atoms with Gasteiger partial charge in [0.2, 0.25) is 0 Å². The van der Waals surface area contributed by atoms with E-state index in [0.717, 1.165) is 58.0 Å². The summed E-state index contributed by atoms with van der Waals surface area (Å²) < 4.78 is 26.5. The zero-order valence-corrected chi connectivity index (χ0v) is 12.4. The Bertz CT molecular complexity index is 686. The van der Waals surface area contributed by atoms with Crippen LogP contribution in [-0.4, -0.2) is 22.2 Å². The van der Waals surface area contributed by atoms with Gasteiger partial charge in [-0.2, -0.15) is 0 Å². The largest absolute Gasteiger partial charge is 0.478 e. The molecule has 0 radical (unpaired) electrons. The Morgan fingerprint density at radius 3 is 1.45 bits per heavy atom. The molecule has 0 spiro atoms. The van der Waals surface area contributed by atoms with Crippen molar-refractivity contribution >= 4 is 33.5 Å². The Labute approximate surface area is 131 Å². The molecule has 0 aliphatic rings. The van der Waals surface area contributed by atoms with Crippen molar-refractivity contribution in [1.82, 2.24) is 0 Å². The summed E-state index contributed by atoms with van der Waals surface area (Å²) >= 11 is 0. The summed E-state index contributed by atoms with van der Waals surface area (Å²) in [5, 5.41) is 18.1. The van der Waals surface area contributed by atoms with Gasteiger partial charge in [-0.3, -0.25) is 0 Å². The zero-order valence-electron chi connectivity index (χ0n) is 10.7. The van der Waals surface area contributed by atoms with Crippen LogP contribution in [0.1, 0.15) is 20.7 Å². The Kier molecular flexibility index (Phi) is 5.04. The van der Waals surface area contributed by atoms with Gasteiger partial charge in [0.05, 0.1) is 11.1 Å². The average molecular weight is 342 g/mol. The molecule has 0 heterocycles. The average Bonchev–Trinajstić information content (AvgIpc) is 2.44. The van der Waals surface area contributed by atoms with Crippen molar-refractivity contribution in [3.05, 3.63) is 59.2 Å². The Morgan fingerprint density at radius 1 is 0.773 bits per heavy atom. The molecule has 0 aromatic heterocycles. The highest BCUT2D eigenvalue weighted by molar-refractivity contribution is 8.76. The third-order valence-corrected chi connectivity index (χ3v) is 5.01. The second-order valence-corrected chi connectivity index (χ2v) is 6.27. The number of halogens is 2. The molecule has 0 bridgehead atoms. The van der Waals surface area contributed by atoms with Gasteiger partial charge in [-0.1, -0.05) is 21.6 Å². The van der Waals surface area contributed by atoms with Crippen LogP contribution in [-0.2, 0) is 0 Å². The van der Waals surface area contributed by atoms with Crippen LogP contribution in [0.25, 0.3) is 0 Å². The Hall–Kier alpha value is -2.06. The fourth-order valence-corrected chi connectivity index (χ4v) is 3.93. The molecule has 2 N–H and O–H groups in total. The molecule has 2 aromatic rings. The highest BCUT2D eigenvalue weighted by atomic mass is 33.1. The maximum Gasteiger partial charge on any atom is 0.336 e. The molecule has 0 saturated carbocycles. The fraction of sp³-hybridized carbons (Fsp3) is 0. The molecule has 114 valence electrons. The van der Waals surface area contributed by atoms with E-state index in [1.807, 2.05) is 0 Å². The summed E-state index contributed by atoms with van der Waals surface area (Å²) in [6, 6.07) is 6.32. The van der Waals surface area contributed by atoms with E-state index >= 15 is 0 Å². The first-order valence-corrected chi connectivity index (χ1v) is 7.93. The minimum Gasteiger partial charge on any atom is -0.478 e. The van der Waals surface area contributed by atoms with Crippen molar-refractivity contribution in [1.29, 1.82) is 0 Å². The first kappa shape index (κ1) is 16.3. The minimum absolute atomic E-state index is 0.109. The van der Waals surface area contributed by atoms with Crippen LogP contribution in [0.15, 0.2) is 46.2 Å². The SMILES string of the molecule is O=C(O)c1ccc(F)cc1SSc1cc(F)ccc1C(=O)O. The Morgan fingerprint density at radius 2 is 1.14 bits per heavy atom. The van der Waals surface area contributed by atoms with Crippen LogP contribution in [0.4, 0.5) is 8.78 Å². The van der Waals surface area contributed by atoms with Crippen LogP contribution in [0.2, 0.25) is 0 Å². The molecular formula is C14H8F2O4S2. The summed E-state index contributed by atoms with van der Waals surface area (Å²) in [5.41, 5.74) is -0.237. The molecule has 8 heteroatoms. The van der Waals surface area contributed by atoms with Crippen LogP contribution in [0.5, 0.6) is 0 Å². The maximum atomic E-state index is 13.2. The molecule has 0 fully saturated rings. The summed E-state index contributed by atoms with van der Waals surface area (Å²) in [6.45, 7) is 0. The number of hydrogen-bond acceptors (Lipinski definition) is 4. The van der Waals surface area contributed by atoms with Gasteiger partial charge < -0.3 is 10.2 Å². The van der Waals surface area contributed by atoms with Crippen LogP contribution >= 0.6 is 21.6 Å². The number of benzene rings is 2. The molecular weight excluding hydrogens is 334 g/mol. The summed E-state index contributed by atoms with van der Waals surface area (Å²) in [5.74, 6) is -3.71. The first-order valence-electron chi connectivity index (χ1n) is 5.78. The Balaban J connectivity index is 2.31. The number of carboxylic acid groups (broad SMARTS) is 2. The standard InChI is InChI=1S/C14H8F2O4S2/c15-7-1-3-9(13(17)18)11(5-7)21-22-12-6-8(16)2-4-10(12)14(19)20/h1-6H,(H,17,18)(H,19,20). The lowest BCUT2D eigenvalue weighted by molar-refractivity contribution is 0.0682. The molecule has 0 atom stereocenters. The van der Waals surface area contributed by atoms with Crippen LogP contribution in [0, 0.1) is 11.6 Å². The van der Waals surface area contributed by atoms with Crippen molar-refractivity contribution in [2.75, 3.05) is 0 Å². The van der Waals surface area contributed by atoms with E-state index in [4.69, 9.17) is 10.2 Å². The lowest BCUT2D eigenvalue weighted by Crippen LogP contribution is -2.00. The predicted molar refractivity (Wildman–Crippen MR) is 78.4 cm³/mol.